The highest BCUT2D eigenvalue weighted by Gasteiger charge is 2.02. The van der Waals surface area contributed by atoms with E-state index >= 15 is 0 Å². The minimum Gasteiger partial charge on any atom is -0.311 e. The lowest BCUT2D eigenvalue weighted by Gasteiger charge is -2.00. The molecule has 0 saturated heterocycles. The maximum atomic E-state index is 10.6. The van der Waals surface area contributed by atoms with Gasteiger partial charge in [0.2, 0.25) is 10.0 Å². The number of rotatable bonds is 5. The van der Waals surface area contributed by atoms with Gasteiger partial charge in [-0.3, -0.25) is 0 Å². The number of nitrogens with zero attached hydrogens (tertiary/aromatic N) is 1. The second kappa shape index (κ2) is 5.23. The Hall–Kier alpha value is -0.940. The Morgan fingerprint density at radius 2 is 2.27 bits per heavy atom. The molecule has 0 atom stereocenters. The molecular weight excluding hydrogens is 234 g/mol. The van der Waals surface area contributed by atoms with Crippen molar-refractivity contribution in [3.05, 3.63) is 21.9 Å². The van der Waals surface area contributed by atoms with Crippen LogP contribution in [0.3, 0.4) is 0 Å². The number of hydrogen-bond acceptors (Lipinski definition) is 5. The van der Waals surface area contributed by atoms with Crippen LogP contribution in [-0.4, -0.2) is 20.7 Å². The molecule has 0 radical (unpaired) electrons. The summed E-state index contributed by atoms with van der Waals surface area (Å²) in [6.07, 6.45) is 0. The molecule has 0 aliphatic rings. The Morgan fingerprint density at radius 3 is 2.80 bits per heavy atom. The van der Waals surface area contributed by atoms with Gasteiger partial charge in [0, 0.05) is 18.0 Å². The summed E-state index contributed by atoms with van der Waals surface area (Å²) in [4.78, 5) is 1.65. The van der Waals surface area contributed by atoms with Gasteiger partial charge in [-0.1, -0.05) is 0 Å². The number of thiophene rings is 1. The van der Waals surface area contributed by atoms with E-state index in [9.17, 15) is 8.42 Å². The van der Waals surface area contributed by atoms with Crippen LogP contribution in [-0.2, 0) is 16.6 Å². The molecule has 0 amide bonds. The fraction of sp³-hybridized carbons (Fsp3) is 0.375. The van der Waals surface area contributed by atoms with Gasteiger partial charge < -0.3 is 5.32 Å². The van der Waals surface area contributed by atoms with Gasteiger partial charge in [-0.15, -0.1) is 11.3 Å². The Labute approximate surface area is 92.6 Å². The third-order valence-electron chi connectivity index (χ3n) is 1.63. The summed E-state index contributed by atoms with van der Waals surface area (Å²) >= 11 is 1.39. The average molecular weight is 245 g/mol. The largest absolute Gasteiger partial charge is 0.311 e. The van der Waals surface area contributed by atoms with E-state index < -0.39 is 10.0 Å². The molecule has 5 nitrogen and oxygen atoms in total. The Morgan fingerprint density at radius 1 is 1.53 bits per heavy atom. The first-order chi connectivity index (χ1) is 7.01. The van der Waals surface area contributed by atoms with E-state index in [1.165, 1.54) is 11.3 Å². The van der Waals surface area contributed by atoms with Gasteiger partial charge in [-0.25, -0.2) is 13.6 Å². The van der Waals surface area contributed by atoms with Crippen molar-refractivity contribution >= 4 is 21.4 Å². The molecule has 1 aromatic rings. The first-order valence-electron chi connectivity index (χ1n) is 4.21. The highest BCUT2D eigenvalue weighted by molar-refractivity contribution is 7.89. The molecule has 0 aromatic carbocycles. The molecule has 1 aromatic heterocycles. The van der Waals surface area contributed by atoms with E-state index in [4.69, 9.17) is 10.4 Å². The number of nitrogens with one attached hydrogen (secondary N) is 1. The van der Waals surface area contributed by atoms with Crippen LogP contribution in [0.2, 0.25) is 0 Å². The maximum Gasteiger partial charge on any atom is 0.210 e. The molecule has 3 N–H and O–H groups in total. The van der Waals surface area contributed by atoms with E-state index in [-0.39, 0.29) is 5.75 Å². The Balaban J connectivity index is 2.30. The highest BCUT2D eigenvalue weighted by atomic mass is 32.2. The number of primary sulfonamides is 1. The molecule has 0 spiro atoms. The van der Waals surface area contributed by atoms with Crippen LogP contribution in [0, 0.1) is 11.3 Å². The Bertz CT molecular complexity index is 458. The SMILES string of the molecule is N#Cc1ccc(CNCCS(N)(=O)=O)s1. The normalized spacial score (nSPS) is 11.2. The van der Waals surface area contributed by atoms with Gasteiger partial charge in [-0.2, -0.15) is 5.26 Å². The van der Waals surface area contributed by atoms with Crippen LogP contribution in [0.25, 0.3) is 0 Å². The predicted molar refractivity (Wildman–Crippen MR) is 58.7 cm³/mol. The molecule has 1 heterocycles. The summed E-state index contributed by atoms with van der Waals surface area (Å²) in [6, 6.07) is 5.61. The summed E-state index contributed by atoms with van der Waals surface area (Å²) in [7, 11) is -3.39. The highest BCUT2D eigenvalue weighted by Crippen LogP contribution is 2.14. The van der Waals surface area contributed by atoms with Crippen molar-refractivity contribution in [2.75, 3.05) is 12.3 Å². The van der Waals surface area contributed by atoms with Gasteiger partial charge in [0.25, 0.3) is 0 Å². The lowest BCUT2D eigenvalue weighted by atomic mass is 10.4. The summed E-state index contributed by atoms with van der Waals surface area (Å²) < 4.78 is 21.2. The zero-order valence-corrected chi connectivity index (χ0v) is 9.57. The molecule has 15 heavy (non-hydrogen) atoms. The van der Waals surface area contributed by atoms with Crippen LogP contribution < -0.4 is 10.5 Å². The van der Waals surface area contributed by atoms with Crippen molar-refractivity contribution in [2.24, 2.45) is 5.14 Å². The fourth-order valence-electron chi connectivity index (χ4n) is 0.959. The number of nitrogens with two attached hydrogens (primary N) is 1. The minimum absolute atomic E-state index is 0.0799. The summed E-state index contributed by atoms with van der Waals surface area (Å²) in [5.74, 6) is -0.0799. The lowest BCUT2D eigenvalue weighted by molar-refractivity contribution is 0.592. The van der Waals surface area contributed by atoms with Crippen LogP contribution >= 0.6 is 11.3 Å². The van der Waals surface area contributed by atoms with E-state index in [0.717, 1.165) is 4.88 Å². The maximum absolute atomic E-state index is 10.6. The minimum atomic E-state index is -3.39. The topological polar surface area (TPSA) is 96.0 Å². The molecule has 0 aliphatic heterocycles. The quantitative estimate of drug-likeness (QED) is 0.713. The molecule has 0 aliphatic carbocycles. The van der Waals surface area contributed by atoms with Crippen LogP contribution in [0.15, 0.2) is 12.1 Å². The number of sulfonamides is 1. The van der Waals surface area contributed by atoms with E-state index in [2.05, 4.69) is 5.32 Å². The van der Waals surface area contributed by atoms with Crippen molar-refractivity contribution in [3.63, 3.8) is 0 Å². The van der Waals surface area contributed by atoms with Crippen LogP contribution in [0.5, 0.6) is 0 Å². The van der Waals surface area contributed by atoms with Gasteiger partial charge in [-0.05, 0) is 12.1 Å². The monoisotopic (exact) mass is 245 g/mol. The van der Waals surface area contributed by atoms with Crippen molar-refractivity contribution in [2.45, 2.75) is 6.54 Å². The molecular formula is C8H11N3O2S2. The van der Waals surface area contributed by atoms with Crippen molar-refractivity contribution < 1.29 is 8.42 Å². The molecule has 7 heteroatoms. The van der Waals surface area contributed by atoms with E-state index in [1.54, 1.807) is 6.07 Å². The van der Waals surface area contributed by atoms with E-state index in [1.807, 2.05) is 12.1 Å². The molecule has 0 fully saturated rings. The molecule has 0 unspecified atom stereocenters. The molecule has 0 bridgehead atoms. The number of hydrogen-bond donors (Lipinski definition) is 2. The smallest absolute Gasteiger partial charge is 0.210 e. The average Bonchev–Trinajstić information content (AvgIpc) is 2.59. The molecule has 82 valence electrons. The molecule has 0 saturated carbocycles. The predicted octanol–water partition coefficient (Wildman–Crippen LogP) is -0.00212. The van der Waals surface area contributed by atoms with Crippen molar-refractivity contribution in [1.29, 1.82) is 5.26 Å². The number of nitriles is 1. The third-order valence-corrected chi connectivity index (χ3v) is 3.40. The summed E-state index contributed by atoms with van der Waals surface area (Å²) in [5.41, 5.74) is 0. The first-order valence-corrected chi connectivity index (χ1v) is 6.74. The van der Waals surface area contributed by atoms with Gasteiger partial charge in [0.15, 0.2) is 0 Å². The van der Waals surface area contributed by atoms with Crippen LogP contribution in [0.4, 0.5) is 0 Å². The standard InChI is InChI=1S/C8H11N3O2S2/c9-5-7-1-2-8(14-7)6-11-3-4-15(10,12)13/h1-2,11H,3-4,6H2,(H2,10,12,13). The lowest BCUT2D eigenvalue weighted by Crippen LogP contribution is -2.26. The third kappa shape index (κ3) is 4.90. The second-order valence-electron chi connectivity index (χ2n) is 2.92. The molecule has 1 rings (SSSR count). The summed E-state index contributed by atoms with van der Waals surface area (Å²) in [6.45, 7) is 0.875. The van der Waals surface area contributed by atoms with E-state index in [0.29, 0.717) is 18.0 Å². The zero-order chi connectivity index (χ0) is 11.3. The fourth-order valence-corrected chi connectivity index (χ4v) is 2.16. The van der Waals surface area contributed by atoms with Gasteiger partial charge in [0.1, 0.15) is 10.9 Å². The second-order valence-corrected chi connectivity index (χ2v) is 5.82. The first kappa shape index (κ1) is 12.1. The van der Waals surface area contributed by atoms with Crippen molar-refractivity contribution in [3.8, 4) is 6.07 Å². The Kier molecular flexibility index (Phi) is 4.23. The van der Waals surface area contributed by atoms with Crippen LogP contribution in [0.1, 0.15) is 9.75 Å². The van der Waals surface area contributed by atoms with Gasteiger partial charge in [0.05, 0.1) is 5.75 Å². The zero-order valence-electron chi connectivity index (χ0n) is 7.93. The van der Waals surface area contributed by atoms with Crippen molar-refractivity contribution in [1.82, 2.24) is 5.32 Å². The van der Waals surface area contributed by atoms with Gasteiger partial charge >= 0.3 is 0 Å². The summed E-state index contributed by atoms with van der Waals surface area (Å²) in [5, 5.41) is 16.3.